The first kappa shape index (κ1) is 15.3. The third-order valence-electron chi connectivity index (χ3n) is 2.99. The molecule has 0 rings (SSSR count). The summed E-state index contributed by atoms with van der Waals surface area (Å²) in [5, 5.41) is -0.310. The fourth-order valence-corrected chi connectivity index (χ4v) is 8.88. The van der Waals surface area contributed by atoms with Crippen LogP contribution >= 0.6 is 7.05 Å². The van der Waals surface area contributed by atoms with Gasteiger partial charge in [-0.05, 0) is 24.0 Å². The highest BCUT2D eigenvalue weighted by Gasteiger charge is 2.43. The highest BCUT2D eigenvalue weighted by atomic mass is 31.2. The van der Waals surface area contributed by atoms with E-state index in [-0.39, 0.29) is 10.3 Å². The van der Waals surface area contributed by atoms with Crippen LogP contribution in [0.3, 0.4) is 0 Å². The normalized spacial score (nSPS) is 15.3. The van der Waals surface area contributed by atoms with Crippen molar-refractivity contribution in [3.8, 4) is 0 Å². The second-order valence-electron chi connectivity index (χ2n) is 6.24. The van der Waals surface area contributed by atoms with E-state index >= 15 is 0 Å². The van der Waals surface area contributed by atoms with Gasteiger partial charge in [-0.25, -0.2) is 8.22 Å². The summed E-state index contributed by atoms with van der Waals surface area (Å²) < 4.78 is 30.6. The van der Waals surface area contributed by atoms with Gasteiger partial charge in [0, 0.05) is 6.55 Å². The predicted octanol–water partition coefficient (Wildman–Crippen LogP) is 4.92. The van der Waals surface area contributed by atoms with Gasteiger partial charge in [0.15, 0.2) is 0 Å². The van der Waals surface area contributed by atoms with Gasteiger partial charge < -0.3 is 0 Å². The Morgan fingerprint density at radius 2 is 1.20 bits per heavy atom. The summed E-state index contributed by atoms with van der Waals surface area (Å²) in [7, 11) is -6.36. The van der Waals surface area contributed by atoms with Crippen LogP contribution in [0.25, 0.3) is 0 Å². The van der Waals surface area contributed by atoms with Gasteiger partial charge >= 0.3 is 8.90 Å². The molecule has 0 aromatic rings. The summed E-state index contributed by atoms with van der Waals surface area (Å²) in [5.41, 5.74) is 0. The lowest BCUT2D eigenvalue weighted by atomic mass is 10.2. The van der Waals surface area contributed by atoms with Gasteiger partial charge in [-0.3, -0.25) is 4.41 Å². The molecule has 1 nitrogen and oxygen atoms in total. The van der Waals surface area contributed by atoms with Crippen LogP contribution < -0.4 is 0 Å². The lowest BCUT2D eigenvalue weighted by Crippen LogP contribution is -2.30. The van der Waals surface area contributed by atoms with Crippen molar-refractivity contribution in [2.24, 2.45) is 4.41 Å². The van der Waals surface area contributed by atoms with Crippen molar-refractivity contribution in [3.05, 3.63) is 0 Å². The lowest BCUT2D eigenvalue weighted by Gasteiger charge is -2.44. The minimum Gasteiger partial charge on any atom is -0.277 e. The third kappa shape index (κ3) is 3.67. The third-order valence-corrected chi connectivity index (χ3v) is 11.2. The van der Waals surface area contributed by atoms with Crippen molar-refractivity contribution in [2.75, 3.05) is 6.66 Å². The Labute approximate surface area is 94.2 Å². The van der Waals surface area contributed by atoms with Crippen molar-refractivity contribution in [2.45, 2.75) is 58.4 Å². The number of rotatable bonds is 1. The van der Waals surface area contributed by atoms with Crippen LogP contribution in [0, 0.1) is 0 Å². The summed E-state index contributed by atoms with van der Waals surface area (Å²) in [6, 6.07) is 0. The fraction of sp³-hybridized carbons (Fsp3) is 1.00. The molecule has 0 heterocycles. The Morgan fingerprint density at radius 3 is 1.27 bits per heavy atom. The van der Waals surface area contributed by atoms with Crippen LogP contribution in [0.15, 0.2) is 4.41 Å². The Balaban J connectivity index is 5.77. The van der Waals surface area contributed by atoms with Gasteiger partial charge in [0.05, 0.1) is 0 Å². The maximum Gasteiger partial charge on any atom is 0.550 e. The SMILES string of the molecule is CC(C)(C)P(C)(=N[Si](C)(F)F)C(C)(C)C. The van der Waals surface area contributed by atoms with Crippen molar-refractivity contribution in [1.82, 2.24) is 0 Å². The molecule has 0 radical (unpaired) electrons. The molecule has 5 heteroatoms. The highest BCUT2D eigenvalue weighted by molar-refractivity contribution is 7.69. The van der Waals surface area contributed by atoms with Crippen LogP contribution in [0.2, 0.25) is 6.55 Å². The van der Waals surface area contributed by atoms with Crippen LogP contribution in [0.1, 0.15) is 41.5 Å². The van der Waals surface area contributed by atoms with Gasteiger partial charge in [0.2, 0.25) is 0 Å². The molecule has 0 spiro atoms. The maximum absolute atomic E-state index is 13.3. The highest BCUT2D eigenvalue weighted by Crippen LogP contribution is 2.67. The molecule has 0 atom stereocenters. The standard InChI is InChI=1S/C10H24F2NPSi/c1-9(2,3)14(7,10(4,5)6)13-15(8,11)12/h1-8H3. The van der Waals surface area contributed by atoms with E-state index in [1.807, 2.05) is 48.2 Å². The average Bonchev–Trinajstić information content (AvgIpc) is 1.77. The molecule has 0 saturated heterocycles. The largest absolute Gasteiger partial charge is 0.550 e. The molecule has 0 saturated carbocycles. The molecule has 0 bridgehead atoms. The molecule has 0 aliphatic heterocycles. The minimum absolute atomic E-state index is 0.155. The van der Waals surface area contributed by atoms with Gasteiger partial charge in [0.1, 0.15) is 0 Å². The second kappa shape index (κ2) is 3.96. The van der Waals surface area contributed by atoms with E-state index in [1.165, 1.54) is 0 Å². The Kier molecular flexibility index (Phi) is 4.04. The zero-order valence-electron chi connectivity index (χ0n) is 11.2. The number of halogens is 2. The quantitative estimate of drug-likeness (QED) is 0.358. The number of nitrogens with zero attached hydrogens (tertiary/aromatic N) is 1. The van der Waals surface area contributed by atoms with Crippen molar-refractivity contribution in [3.63, 3.8) is 0 Å². The van der Waals surface area contributed by atoms with E-state index in [9.17, 15) is 8.22 Å². The van der Waals surface area contributed by atoms with E-state index in [4.69, 9.17) is 0 Å². The van der Waals surface area contributed by atoms with Crippen LogP contribution in [-0.2, 0) is 0 Å². The summed E-state index contributed by atoms with van der Waals surface area (Å²) in [6.45, 7) is 15.1. The average molecular weight is 255 g/mol. The van der Waals surface area contributed by atoms with Crippen LogP contribution in [0.5, 0.6) is 0 Å². The molecule has 92 valence electrons. The molecule has 0 amide bonds. The molecule has 0 aromatic heterocycles. The van der Waals surface area contributed by atoms with E-state index < -0.39 is 16.0 Å². The number of hydrogen-bond acceptors (Lipinski definition) is 1. The zero-order chi connectivity index (χ0) is 12.7. The molecular formula is C10H24F2NPSi. The zero-order valence-corrected chi connectivity index (χ0v) is 13.0. The second-order valence-corrected chi connectivity index (χ2v) is 13.3. The summed E-state index contributed by atoms with van der Waals surface area (Å²) in [4.78, 5) is 0. The Bertz CT molecular complexity index is 263. The van der Waals surface area contributed by atoms with Crippen molar-refractivity contribution < 1.29 is 8.22 Å². The molecule has 0 fully saturated rings. The maximum atomic E-state index is 13.3. The molecule has 0 aliphatic rings. The van der Waals surface area contributed by atoms with E-state index in [1.54, 1.807) is 0 Å². The summed E-state index contributed by atoms with van der Waals surface area (Å²) in [5.74, 6) is 0. The first-order chi connectivity index (χ1) is 6.21. The molecule has 15 heavy (non-hydrogen) atoms. The lowest BCUT2D eigenvalue weighted by molar-refractivity contribution is 0.613. The Hall–Kier alpha value is 0.307. The summed E-state index contributed by atoms with van der Waals surface area (Å²) >= 11 is 0. The topological polar surface area (TPSA) is 12.4 Å². The van der Waals surface area contributed by atoms with Gasteiger partial charge in [-0.15, -0.1) is 0 Å². The van der Waals surface area contributed by atoms with E-state index in [0.717, 1.165) is 6.55 Å². The number of hydrogen-bond donors (Lipinski definition) is 0. The molecule has 0 aliphatic carbocycles. The van der Waals surface area contributed by atoms with E-state index in [2.05, 4.69) is 4.41 Å². The molecule has 0 unspecified atom stereocenters. The molecular weight excluding hydrogens is 231 g/mol. The van der Waals surface area contributed by atoms with E-state index in [0.29, 0.717) is 0 Å². The first-order valence-corrected chi connectivity index (χ1v) is 9.59. The monoisotopic (exact) mass is 255 g/mol. The predicted molar refractivity (Wildman–Crippen MR) is 68.6 cm³/mol. The van der Waals surface area contributed by atoms with Gasteiger partial charge in [0.25, 0.3) is 0 Å². The van der Waals surface area contributed by atoms with Gasteiger partial charge in [-0.2, -0.15) is 0 Å². The molecule has 0 aromatic carbocycles. The van der Waals surface area contributed by atoms with Crippen molar-refractivity contribution in [1.29, 1.82) is 0 Å². The van der Waals surface area contributed by atoms with Crippen LogP contribution in [-0.4, -0.2) is 25.9 Å². The minimum atomic E-state index is -4.34. The summed E-state index contributed by atoms with van der Waals surface area (Å²) in [6.07, 6.45) is 0. The molecule has 0 N–H and O–H groups in total. The van der Waals surface area contributed by atoms with Crippen molar-refractivity contribution >= 4 is 16.0 Å². The van der Waals surface area contributed by atoms with Gasteiger partial charge in [-0.1, -0.05) is 41.5 Å². The van der Waals surface area contributed by atoms with Crippen LogP contribution in [0.4, 0.5) is 8.22 Å². The fourth-order valence-electron chi connectivity index (χ4n) is 1.66. The first-order valence-electron chi connectivity index (χ1n) is 5.20. The Morgan fingerprint density at radius 1 is 0.933 bits per heavy atom. The smallest absolute Gasteiger partial charge is 0.277 e.